The Labute approximate surface area is 209 Å². The Morgan fingerprint density at radius 2 is 1.74 bits per heavy atom. The molecule has 0 radical (unpaired) electrons. The Balaban J connectivity index is 1.62. The minimum absolute atomic E-state index is 0.125. The van der Waals surface area contributed by atoms with Crippen LogP contribution >= 0.6 is 11.3 Å². The minimum Gasteiger partial charge on any atom is -0.495 e. The number of aryl methyl sites for hydroxylation is 1. The van der Waals surface area contributed by atoms with Gasteiger partial charge in [-0.25, -0.2) is 8.42 Å². The number of benzene rings is 3. The molecule has 4 aromatic rings. The molecule has 35 heavy (non-hydrogen) atoms. The molecule has 0 N–H and O–H groups in total. The third-order valence-electron chi connectivity index (χ3n) is 5.59. The second-order valence-corrected chi connectivity index (χ2v) is 11.1. The topological polar surface area (TPSA) is 81.0 Å². The van der Waals surface area contributed by atoms with E-state index in [0.29, 0.717) is 16.9 Å². The van der Waals surface area contributed by atoms with Gasteiger partial charge in [0.1, 0.15) is 11.3 Å². The predicted molar refractivity (Wildman–Crippen MR) is 138 cm³/mol. The van der Waals surface area contributed by atoms with Gasteiger partial charge in [-0.15, -0.1) is 0 Å². The average Bonchev–Trinajstić information content (AvgIpc) is 3.21. The van der Waals surface area contributed by atoms with E-state index < -0.39 is 15.9 Å². The van der Waals surface area contributed by atoms with E-state index in [2.05, 4.69) is 11.9 Å². The summed E-state index contributed by atoms with van der Waals surface area (Å²) in [6.07, 6.45) is 0.869. The number of thiazole rings is 1. The van der Waals surface area contributed by atoms with Crippen LogP contribution in [0.15, 0.2) is 82.7 Å². The molecule has 0 unspecified atom stereocenters. The second-order valence-electron chi connectivity index (χ2n) is 8.03. The van der Waals surface area contributed by atoms with Crippen molar-refractivity contribution in [2.24, 2.45) is 4.99 Å². The fourth-order valence-electron chi connectivity index (χ4n) is 3.80. The summed E-state index contributed by atoms with van der Waals surface area (Å²) in [5.74, 6) is 0.303. The number of nitrogens with zero attached hydrogens (tertiary/aromatic N) is 3. The van der Waals surface area contributed by atoms with Gasteiger partial charge in [0, 0.05) is 25.7 Å². The number of amides is 1. The number of hydrogen-bond donors (Lipinski definition) is 0. The second kappa shape index (κ2) is 10.6. The van der Waals surface area contributed by atoms with Gasteiger partial charge in [-0.05, 0) is 48.4 Å². The lowest BCUT2D eigenvalue weighted by molar-refractivity contribution is 0.0997. The van der Waals surface area contributed by atoms with E-state index in [1.807, 2.05) is 53.1 Å². The number of carbonyl (C=O) groups excluding carboxylic acids is 1. The SMILES string of the molecule is CCCn1c(=NC(=O)c2ccc(S(=O)(=O)N(C)Cc3ccccc3)cc2)sc2cccc(OC)c21. The van der Waals surface area contributed by atoms with Crippen LogP contribution in [0.1, 0.15) is 29.3 Å². The van der Waals surface area contributed by atoms with Crippen molar-refractivity contribution in [2.75, 3.05) is 14.2 Å². The highest BCUT2D eigenvalue weighted by atomic mass is 32.2. The van der Waals surface area contributed by atoms with Gasteiger partial charge >= 0.3 is 0 Å². The summed E-state index contributed by atoms with van der Waals surface area (Å²) in [6.45, 7) is 3.01. The van der Waals surface area contributed by atoms with Gasteiger partial charge in [0.15, 0.2) is 4.80 Å². The number of para-hydroxylation sites is 1. The lowest BCUT2D eigenvalue weighted by Crippen LogP contribution is -2.26. The molecule has 0 aliphatic rings. The molecule has 0 aliphatic carbocycles. The van der Waals surface area contributed by atoms with Crippen molar-refractivity contribution >= 4 is 37.5 Å². The van der Waals surface area contributed by atoms with Crippen molar-refractivity contribution in [2.45, 2.75) is 31.3 Å². The molecule has 0 saturated heterocycles. The summed E-state index contributed by atoms with van der Waals surface area (Å²) >= 11 is 1.42. The summed E-state index contributed by atoms with van der Waals surface area (Å²) < 4.78 is 35.8. The maximum Gasteiger partial charge on any atom is 0.279 e. The minimum atomic E-state index is -3.70. The molecule has 0 saturated carbocycles. The van der Waals surface area contributed by atoms with Crippen LogP contribution in [0.2, 0.25) is 0 Å². The maximum atomic E-state index is 13.0. The molecule has 0 bridgehead atoms. The highest BCUT2D eigenvalue weighted by Crippen LogP contribution is 2.27. The Kier molecular flexibility index (Phi) is 7.49. The zero-order valence-corrected chi connectivity index (χ0v) is 21.5. The fraction of sp³-hybridized carbons (Fsp3) is 0.231. The van der Waals surface area contributed by atoms with Crippen LogP contribution in [0.4, 0.5) is 0 Å². The van der Waals surface area contributed by atoms with E-state index in [9.17, 15) is 13.2 Å². The van der Waals surface area contributed by atoms with Crippen molar-refractivity contribution in [3.8, 4) is 5.75 Å². The number of methoxy groups -OCH3 is 1. The molecular weight excluding hydrogens is 482 g/mol. The van der Waals surface area contributed by atoms with E-state index >= 15 is 0 Å². The maximum absolute atomic E-state index is 13.0. The molecular formula is C26H27N3O4S2. The Morgan fingerprint density at radius 3 is 2.40 bits per heavy atom. The first-order valence-corrected chi connectivity index (χ1v) is 13.5. The quantitative estimate of drug-likeness (QED) is 0.345. The van der Waals surface area contributed by atoms with E-state index in [-0.39, 0.29) is 11.4 Å². The number of sulfonamides is 1. The smallest absolute Gasteiger partial charge is 0.279 e. The van der Waals surface area contributed by atoms with Crippen LogP contribution in [0.5, 0.6) is 5.75 Å². The van der Waals surface area contributed by atoms with E-state index in [1.165, 1.54) is 39.9 Å². The lowest BCUT2D eigenvalue weighted by atomic mass is 10.2. The molecule has 9 heteroatoms. The summed E-state index contributed by atoms with van der Waals surface area (Å²) in [7, 11) is -0.539. The summed E-state index contributed by atoms with van der Waals surface area (Å²) in [5, 5.41) is 0. The van der Waals surface area contributed by atoms with Gasteiger partial charge in [-0.1, -0.05) is 54.7 Å². The molecule has 0 spiro atoms. The van der Waals surface area contributed by atoms with Crippen molar-refractivity contribution in [3.05, 3.63) is 88.7 Å². The van der Waals surface area contributed by atoms with Crippen LogP contribution in [-0.2, 0) is 23.1 Å². The van der Waals surface area contributed by atoms with E-state index in [1.54, 1.807) is 14.2 Å². The standard InChI is InChI=1S/C26H27N3O4S2/c1-4-17-29-24-22(33-3)11-8-12-23(24)34-26(29)27-25(30)20-13-15-21(16-14-20)35(31,32)28(2)18-19-9-6-5-7-10-19/h5-16H,4,17-18H2,1-3H3. The van der Waals surface area contributed by atoms with Crippen LogP contribution in [0.3, 0.4) is 0 Å². The zero-order valence-electron chi connectivity index (χ0n) is 19.8. The van der Waals surface area contributed by atoms with Crippen LogP contribution in [0.25, 0.3) is 10.2 Å². The zero-order chi connectivity index (χ0) is 25.0. The van der Waals surface area contributed by atoms with Gasteiger partial charge in [-0.2, -0.15) is 9.30 Å². The largest absolute Gasteiger partial charge is 0.495 e. The first-order chi connectivity index (χ1) is 16.8. The van der Waals surface area contributed by atoms with Gasteiger partial charge in [0.2, 0.25) is 10.0 Å². The number of fused-ring (bicyclic) bond motifs is 1. The average molecular weight is 510 g/mol. The molecule has 4 rings (SSSR count). The first kappa shape index (κ1) is 24.8. The third kappa shape index (κ3) is 5.22. The molecule has 0 aliphatic heterocycles. The Bertz CT molecular complexity index is 1510. The van der Waals surface area contributed by atoms with Crippen molar-refractivity contribution in [3.63, 3.8) is 0 Å². The van der Waals surface area contributed by atoms with Crippen molar-refractivity contribution < 1.29 is 17.9 Å². The molecule has 0 atom stereocenters. The number of aromatic nitrogens is 1. The molecule has 1 aromatic heterocycles. The third-order valence-corrected chi connectivity index (χ3v) is 8.45. The number of hydrogen-bond acceptors (Lipinski definition) is 5. The summed E-state index contributed by atoms with van der Waals surface area (Å²) in [4.78, 5) is 18.0. The fourth-order valence-corrected chi connectivity index (χ4v) is 6.04. The molecule has 1 amide bonds. The van der Waals surface area contributed by atoms with Crippen LogP contribution < -0.4 is 9.54 Å². The highest BCUT2D eigenvalue weighted by Gasteiger charge is 2.21. The summed E-state index contributed by atoms with van der Waals surface area (Å²) in [5.41, 5.74) is 2.13. The monoisotopic (exact) mass is 509 g/mol. The van der Waals surface area contributed by atoms with Crippen molar-refractivity contribution in [1.82, 2.24) is 8.87 Å². The molecule has 1 heterocycles. The van der Waals surface area contributed by atoms with Gasteiger partial charge in [0.25, 0.3) is 5.91 Å². The number of rotatable bonds is 8. The van der Waals surface area contributed by atoms with E-state index in [4.69, 9.17) is 4.74 Å². The normalized spacial score (nSPS) is 12.4. The first-order valence-electron chi connectivity index (χ1n) is 11.2. The number of carbonyl (C=O) groups is 1. The lowest BCUT2D eigenvalue weighted by Gasteiger charge is -2.17. The molecule has 0 fully saturated rings. The van der Waals surface area contributed by atoms with Gasteiger partial charge < -0.3 is 9.30 Å². The molecule has 182 valence electrons. The summed E-state index contributed by atoms with van der Waals surface area (Å²) in [6, 6.07) is 21.1. The number of ether oxygens (including phenoxy) is 1. The highest BCUT2D eigenvalue weighted by molar-refractivity contribution is 7.89. The molecule has 3 aromatic carbocycles. The van der Waals surface area contributed by atoms with Gasteiger partial charge in [-0.3, -0.25) is 4.79 Å². The molecule has 7 nitrogen and oxygen atoms in total. The Hall–Kier alpha value is -3.27. The van der Waals surface area contributed by atoms with Gasteiger partial charge in [0.05, 0.1) is 16.7 Å². The van der Waals surface area contributed by atoms with Crippen LogP contribution in [-0.4, -0.2) is 37.4 Å². The Morgan fingerprint density at radius 1 is 1.03 bits per heavy atom. The van der Waals surface area contributed by atoms with Crippen molar-refractivity contribution in [1.29, 1.82) is 0 Å². The van der Waals surface area contributed by atoms with Crippen LogP contribution in [0, 0.1) is 0 Å². The van der Waals surface area contributed by atoms with E-state index in [0.717, 1.165) is 28.0 Å². The predicted octanol–water partition coefficient (Wildman–Crippen LogP) is 4.68.